The summed E-state index contributed by atoms with van der Waals surface area (Å²) in [5, 5.41) is 4.90. The first kappa shape index (κ1) is 23.7. The standard InChI is InChI=1S/C37H23N3S/c1-3-12-24(13-4-1)35-38-36(25-14-5-2-6-15-25)40-37(39-35)30-23-22-28(26-16-7-8-17-27(26)30)29-19-11-21-33-34(29)31-18-9-10-20-32(31)41-33/h1-23H. The number of nitrogens with zero attached hydrogens (tertiary/aromatic N) is 3. The van der Waals surface area contributed by atoms with Crippen LogP contribution in [-0.2, 0) is 0 Å². The van der Waals surface area contributed by atoms with Crippen LogP contribution in [0.25, 0.3) is 76.2 Å². The molecular formula is C37H23N3S. The largest absolute Gasteiger partial charge is 0.208 e. The Morgan fingerprint density at radius 3 is 1.54 bits per heavy atom. The Labute approximate surface area is 241 Å². The van der Waals surface area contributed by atoms with Gasteiger partial charge < -0.3 is 0 Å². The smallest absolute Gasteiger partial charge is 0.164 e. The molecule has 4 heteroatoms. The molecule has 0 aliphatic heterocycles. The van der Waals surface area contributed by atoms with Crippen LogP contribution >= 0.6 is 11.3 Å². The highest BCUT2D eigenvalue weighted by atomic mass is 32.1. The summed E-state index contributed by atoms with van der Waals surface area (Å²) in [5.41, 5.74) is 5.37. The van der Waals surface area contributed by atoms with Gasteiger partial charge in [0.2, 0.25) is 0 Å². The molecule has 3 nitrogen and oxygen atoms in total. The summed E-state index contributed by atoms with van der Waals surface area (Å²) in [7, 11) is 0. The van der Waals surface area contributed by atoms with E-state index in [9.17, 15) is 0 Å². The first-order valence-electron chi connectivity index (χ1n) is 13.6. The highest BCUT2D eigenvalue weighted by Gasteiger charge is 2.17. The Morgan fingerprint density at radius 2 is 0.854 bits per heavy atom. The van der Waals surface area contributed by atoms with Crippen molar-refractivity contribution in [3.8, 4) is 45.3 Å². The van der Waals surface area contributed by atoms with Crippen molar-refractivity contribution in [2.75, 3.05) is 0 Å². The zero-order chi connectivity index (χ0) is 27.2. The summed E-state index contributed by atoms with van der Waals surface area (Å²) in [6, 6.07) is 48.5. The van der Waals surface area contributed by atoms with Gasteiger partial charge >= 0.3 is 0 Å². The summed E-state index contributed by atoms with van der Waals surface area (Å²) in [6.45, 7) is 0. The van der Waals surface area contributed by atoms with Gasteiger partial charge in [-0.2, -0.15) is 0 Å². The Morgan fingerprint density at radius 1 is 0.341 bits per heavy atom. The van der Waals surface area contributed by atoms with Crippen molar-refractivity contribution in [1.82, 2.24) is 15.0 Å². The van der Waals surface area contributed by atoms with Crippen LogP contribution in [-0.4, -0.2) is 15.0 Å². The van der Waals surface area contributed by atoms with Gasteiger partial charge in [0.15, 0.2) is 17.5 Å². The zero-order valence-corrected chi connectivity index (χ0v) is 22.8. The predicted octanol–water partition coefficient (Wildman–Crippen LogP) is 10.1. The molecular weight excluding hydrogens is 518 g/mol. The Balaban J connectivity index is 1.38. The van der Waals surface area contributed by atoms with E-state index in [1.54, 1.807) is 0 Å². The van der Waals surface area contributed by atoms with Crippen molar-refractivity contribution in [3.63, 3.8) is 0 Å². The molecule has 6 aromatic carbocycles. The summed E-state index contributed by atoms with van der Waals surface area (Å²) in [5.74, 6) is 1.99. The normalized spacial score (nSPS) is 11.4. The van der Waals surface area contributed by atoms with Crippen molar-refractivity contribution >= 4 is 42.3 Å². The van der Waals surface area contributed by atoms with Gasteiger partial charge in [-0.05, 0) is 40.1 Å². The molecule has 2 aromatic heterocycles. The molecule has 0 amide bonds. The summed E-state index contributed by atoms with van der Waals surface area (Å²) in [6.07, 6.45) is 0. The van der Waals surface area contributed by atoms with Crippen molar-refractivity contribution in [3.05, 3.63) is 140 Å². The summed E-state index contributed by atoms with van der Waals surface area (Å²) < 4.78 is 2.61. The highest BCUT2D eigenvalue weighted by molar-refractivity contribution is 7.25. The lowest BCUT2D eigenvalue weighted by Crippen LogP contribution is -2.00. The second-order valence-electron chi connectivity index (χ2n) is 10.0. The van der Waals surface area contributed by atoms with Crippen molar-refractivity contribution in [2.24, 2.45) is 0 Å². The number of thiophene rings is 1. The van der Waals surface area contributed by atoms with Crippen LogP contribution in [0.15, 0.2) is 140 Å². The van der Waals surface area contributed by atoms with Crippen LogP contribution in [0, 0.1) is 0 Å². The van der Waals surface area contributed by atoms with Gasteiger partial charge in [0.05, 0.1) is 0 Å². The molecule has 192 valence electrons. The van der Waals surface area contributed by atoms with Gasteiger partial charge in [0.25, 0.3) is 0 Å². The molecule has 0 radical (unpaired) electrons. The Hall–Kier alpha value is -5.19. The van der Waals surface area contributed by atoms with E-state index in [2.05, 4.69) is 78.9 Å². The van der Waals surface area contributed by atoms with E-state index in [0.29, 0.717) is 17.5 Å². The van der Waals surface area contributed by atoms with Crippen LogP contribution in [0.2, 0.25) is 0 Å². The summed E-state index contributed by atoms with van der Waals surface area (Å²) >= 11 is 1.85. The quantitative estimate of drug-likeness (QED) is 0.222. The van der Waals surface area contributed by atoms with E-state index in [-0.39, 0.29) is 0 Å². The fraction of sp³-hybridized carbons (Fsp3) is 0. The molecule has 0 aliphatic rings. The van der Waals surface area contributed by atoms with E-state index in [0.717, 1.165) is 22.1 Å². The molecule has 0 N–H and O–H groups in total. The van der Waals surface area contributed by atoms with Gasteiger partial charge in [-0.25, -0.2) is 15.0 Å². The topological polar surface area (TPSA) is 38.7 Å². The first-order valence-corrected chi connectivity index (χ1v) is 14.4. The van der Waals surface area contributed by atoms with Gasteiger partial charge in [-0.15, -0.1) is 11.3 Å². The minimum absolute atomic E-state index is 0.664. The molecule has 0 aliphatic carbocycles. The van der Waals surface area contributed by atoms with Crippen LogP contribution in [0.3, 0.4) is 0 Å². The van der Waals surface area contributed by atoms with Gasteiger partial charge in [0.1, 0.15) is 0 Å². The van der Waals surface area contributed by atoms with Gasteiger partial charge in [-0.1, -0.05) is 121 Å². The summed E-state index contributed by atoms with van der Waals surface area (Å²) in [4.78, 5) is 14.9. The molecule has 0 bridgehead atoms. The molecule has 8 aromatic rings. The maximum absolute atomic E-state index is 5.01. The number of aromatic nitrogens is 3. The van der Waals surface area contributed by atoms with Gasteiger partial charge in [0, 0.05) is 36.9 Å². The third-order valence-corrected chi connectivity index (χ3v) is 8.69. The van der Waals surface area contributed by atoms with Crippen LogP contribution in [0.1, 0.15) is 0 Å². The Kier molecular flexibility index (Phi) is 5.64. The third kappa shape index (κ3) is 4.08. The number of benzene rings is 6. The zero-order valence-electron chi connectivity index (χ0n) is 22.0. The average Bonchev–Trinajstić information content (AvgIpc) is 3.44. The maximum Gasteiger partial charge on any atom is 0.164 e. The van der Waals surface area contributed by atoms with E-state index in [1.165, 1.54) is 36.7 Å². The monoisotopic (exact) mass is 541 g/mol. The Bertz CT molecular complexity index is 2140. The first-order chi connectivity index (χ1) is 20.3. The lowest BCUT2D eigenvalue weighted by molar-refractivity contribution is 1.08. The van der Waals surface area contributed by atoms with Crippen LogP contribution in [0.4, 0.5) is 0 Å². The lowest BCUT2D eigenvalue weighted by atomic mass is 9.92. The SMILES string of the molecule is c1ccc(-c2nc(-c3ccccc3)nc(-c3ccc(-c4cccc5sc6ccccc6c45)c4ccccc34)n2)cc1. The lowest BCUT2D eigenvalue weighted by Gasteiger charge is -2.14. The van der Waals surface area contributed by atoms with E-state index < -0.39 is 0 Å². The number of hydrogen-bond acceptors (Lipinski definition) is 4. The predicted molar refractivity (Wildman–Crippen MR) is 172 cm³/mol. The van der Waals surface area contributed by atoms with E-state index >= 15 is 0 Å². The maximum atomic E-state index is 5.01. The molecule has 0 fully saturated rings. The fourth-order valence-electron chi connectivity index (χ4n) is 5.66. The average molecular weight is 542 g/mol. The van der Waals surface area contributed by atoms with Crippen LogP contribution < -0.4 is 0 Å². The molecule has 0 spiro atoms. The molecule has 2 heterocycles. The molecule has 41 heavy (non-hydrogen) atoms. The van der Waals surface area contributed by atoms with E-state index in [1.807, 2.05) is 72.0 Å². The highest BCUT2D eigenvalue weighted by Crippen LogP contribution is 2.43. The fourth-order valence-corrected chi connectivity index (χ4v) is 6.79. The second kappa shape index (κ2) is 9.77. The minimum Gasteiger partial charge on any atom is -0.208 e. The van der Waals surface area contributed by atoms with Gasteiger partial charge in [-0.3, -0.25) is 0 Å². The van der Waals surface area contributed by atoms with Crippen molar-refractivity contribution in [2.45, 2.75) is 0 Å². The number of hydrogen-bond donors (Lipinski definition) is 0. The van der Waals surface area contributed by atoms with Crippen molar-refractivity contribution in [1.29, 1.82) is 0 Å². The second-order valence-corrected chi connectivity index (χ2v) is 11.1. The van der Waals surface area contributed by atoms with E-state index in [4.69, 9.17) is 15.0 Å². The third-order valence-electron chi connectivity index (χ3n) is 7.56. The minimum atomic E-state index is 0.664. The molecule has 0 unspecified atom stereocenters. The molecule has 0 saturated heterocycles. The number of rotatable bonds is 4. The van der Waals surface area contributed by atoms with Crippen molar-refractivity contribution < 1.29 is 0 Å². The molecule has 0 saturated carbocycles. The molecule has 8 rings (SSSR count). The molecule has 0 atom stereocenters. The van der Waals surface area contributed by atoms with Crippen LogP contribution in [0.5, 0.6) is 0 Å². The number of fused-ring (bicyclic) bond motifs is 4.